The zero-order valence-electron chi connectivity index (χ0n) is 13.8. The summed E-state index contributed by atoms with van der Waals surface area (Å²) in [6.07, 6.45) is 3.12. The molecule has 3 aromatic rings. The Morgan fingerprint density at radius 3 is 2.58 bits per heavy atom. The largest absolute Gasteiger partial charge is 0.495 e. The topological polar surface area (TPSA) is 63.2 Å². The van der Waals surface area contributed by atoms with Crippen molar-refractivity contribution in [2.24, 2.45) is 0 Å². The van der Waals surface area contributed by atoms with Crippen LogP contribution >= 0.6 is 23.2 Å². The van der Waals surface area contributed by atoms with Crippen LogP contribution in [0, 0.1) is 0 Å². The zero-order valence-corrected chi connectivity index (χ0v) is 15.3. The molecule has 26 heavy (non-hydrogen) atoms. The molecule has 7 heteroatoms. The van der Waals surface area contributed by atoms with E-state index in [1.165, 1.54) is 13.3 Å². The minimum Gasteiger partial charge on any atom is -0.495 e. The number of carbonyl (C=O) groups excluding carboxylic acids is 1. The molecule has 1 heterocycles. The Balaban J connectivity index is 1.74. The van der Waals surface area contributed by atoms with Crippen LogP contribution in [0.4, 0.5) is 17.1 Å². The molecule has 0 bridgehead atoms. The van der Waals surface area contributed by atoms with E-state index in [0.29, 0.717) is 32.7 Å². The first-order valence-corrected chi connectivity index (χ1v) is 8.43. The summed E-state index contributed by atoms with van der Waals surface area (Å²) in [5, 5.41) is 6.98. The number of carbonyl (C=O) groups is 1. The lowest BCUT2D eigenvalue weighted by Gasteiger charge is -2.10. The fraction of sp³-hybridized carbons (Fsp3) is 0.0526. The normalized spacial score (nSPS) is 10.3. The molecule has 0 aliphatic heterocycles. The first-order valence-electron chi connectivity index (χ1n) is 7.67. The molecule has 0 saturated heterocycles. The van der Waals surface area contributed by atoms with E-state index in [1.807, 2.05) is 12.1 Å². The third-order valence-corrected chi connectivity index (χ3v) is 4.05. The van der Waals surface area contributed by atoms with Crippen LogP contribution < -0.4 is 15.4 Å². The number of rotatable bonds is 5. The van der Waals surface area contributed by atoms with Crippen LogP contribution in [0.1, 0.15) is 10.4 Å². The third-order valence-electron chi connectivity index (χ3n) is 3.52. The molecule has 1 aromatic heterocycles. The number of hydrogen-bond donors (Lipinski definition) is 2. The van der Waals surface area contributed by atoms with Crippen molar-refractivity contribution in [1.82, 2.24) is 4.98 Å². The van der Waals surface area contributed by atoms with Crippen molar-refractivity contribution >= 4 is 46.2 Å². The average Bonchev–Trinajstić information content (AvgIpc) is 2.62. The van der Waals surface area contributed by atoms with Crippen LogP contribution in [0.15, 0.2) is 60.9 Å². The van der Waals surface area contributed by atoms with Gasteiger partial charge >= 0.3 is 0 Å². The summed E-state index contributed by atoms with van der Waals surface area (Å²) in [7, 11) is 1.53. The highest BCUT2D eigenvalue weighted by atomic mass is 35.5. The van der Waals surface area contributed by atoms with Crippen molar-refractivity contribution in [2.45, 2.75) is 0 Å². The van der Waals surface area contributed by atoms with E-state index in [0.717, 1.165) is 5.69 Å². The summed E-state index contributed by atoms with van der Waals surface area (Å²) in [4.78, 5) is 16.6. The highest BCUT2D eigenvalue weighted by Crippen LogP contribution is 2.27. The maximum atomic E-state index is 12.5. The maximum absolute atomic E-state index is 12.5. The Morgan fingerprint density at radius 2 is 1.85 bits per heavy atom. The molecule has 0 fully saturated rings. The van der Waals surface area contributed by atoms with Crippen molar-refractivity contribution in [3.05, 3.63) is 76.5 Å². The van der Waals surface area contributed by atoms with Gasteiger partial charge in [-0.15, -0.1) is 0 Å². The molecule has 0 aliphatic carbocycles. The second-order valence-corrected chi connectivity index (χ2v) is 6.24. The van der Waals surface area contributed by atoms with Gasteiger partial charge in [0.2, 0.25) is 0 Å². The number of nitrogens with zero attached hydrogens (tertiary/aromatic N) is 1. The molecule has 5 nitrogen and oxygen atoms in total. The second-order valence-electron chi connectivity index (χ2n) is 5.40. The number of halogens is 2. The second kappa shape index (κ2) is 8.08. The summed E-state index contributed by atoms with van der Waals surface area (Å²) >= 11 is 12.1. The molecule has 1 amide bonds. The molecule has 0 unspecified atom stereocenters. The summed E-state index contributed by atoms with van der Waals surface area (Å²) in [5.41, 5.74) is 2.45. The lowest BCUT2D eigenvalue weighted by atomic mass is 10.2. The van der Waals surface area contributed by atoms with Gasteiger partial charge in [-0.2, -0.15) is 0 Å². The van der Waals surface area contributed by atoms with Crippen molar-refractivity contribution in [2.75, 3.05) is 17.7 Å². The number of hydrogen-bond acceptors (Lipinski definition) is 4. The van der Waals surface area contributed by atoms with E-state index in [4.69, 9.17) is 27.9 Å². The van der Waals surface area contributed by atoms with E-state index in [9.17, 15) is 4.79 Å². The zero-order chi connectivity index (χ0) is 18.5. The Hall–Kier alpha value is -2.76. The molecular weight excluding hydrogens is 373 g/mol. The summed E-state index contributed by atoms with van der Waals surface area (Å²) in [6.45, 7) is 0. The van der Waals surface area contributed by atoms with Crippen LogP contribution in [0.25, 0.3) is 0 Å². The van der Waals surface area contributed by atoms with Gasteiger partial charge in [0, 0.05) is 22.6 Å². The van der Waals surface area contributed by atoms with Crippen molar-refractivity contribution in [1.29, 1.82) is 0 Å². The Bertz CT molecular complexity index is 948. The summed E-state index contributed by atoms with van der Waals surface area (Å²) in [6, 6.07) is 14.0. The van der Waals surface area contributed by atoms with Crippen LogP contribution in [-0.4, -0.2) is 18.0 Å². The van der Waals surface area contributed by atoms with E-state index in [2.05, 4.69) is 15.6 Å². The van der Waals surface area contributed by atoms with Gasteiger partial charge in [0.25, 0.3) is 5.91 Å². The molecule has 0 aliphatic rings. The number of amides is 1. The fourth-order valence-corrected chi connectivity index (χ4v) is 2.76. The Kier molecular flexibility index (Phi) is 5.61. The number of benzene rings is 2. The van der Waals surface area contributed by atoms with Gasteiger partial charge in [-0.1, -0.05) is 29.3 Å². The number of nitrogens with one attached hydrogen (secondary N) is 2. The fourth-order valence-electron chi connectivity index (χ4n) is 2.31. The average molecular weight is 388 g/mol. The molecule has 0 spiro atoms. The van der Waals surface area contributed by atoms with Crippen molar-refractivity contribution < 1.29 is 9.53 Å². The molecule has 3 rings (SSSR count). The van der Waals surface area contributed by atoms with Gasteiger partial charge in [0.15, 0.2) is 0 Å². The first-order chi connectivity index (χ1) is 12.5. The summed E-state index contributed by atoms with van der Waals surface area (Å²) in [5.74, 6) is 0.243. The lowest BCUT2D eigenvalue weighted by molar-refractivity contribution is 0.102. The van der Waals surface area contributed by atoms with Gasteiger partial charge in [0.1, 0.15) is 5.75 Å². The number of ether oxygens (including phenoxy) is 1. The summed E-state index contributed by atoms with van der Waals surface area (Å²) < 4.78 is 5.10. The monoisotopic (exact) mass is 387 g/mol. The van der Waals surface area contributed by atoms with Gasteiger partial charge in [-0.3, -0.25) is 9.78 Å². The maximum Gasteiger partial charge on any atom is 0.257 e. The van der Waals surface area contributed by atoms with Gasteiger partial charge in [-0.25, -0.2) is 0 Å². The molecular formula is C19H15Cl2N3O2. The highest BCUT2D eigenvalue weighted by Gasteiger charge is 2.10. The number of methoxy groups -OCH3 is 1. The first kappa shape index (κ1) is 18.0. The Labute approximate surface area is 160 Å². The lowest BCUT2D eigenvalue weighted by Crippen LogP contribution is -2.12. The van der Waals surface area contributed by atoms with Crippen LogP contribution in [0.5, 0.6) is 5.75 Å². The smallest absolute Gasteiger partial charge is 0.257 e. The molecule has 0 atom stereocenters. The van der Waals surface area contributed by atoms with Crippen LogP contribution in [0.3, 0.4) is 0 Å². The number of pyridine rings is 1. The van der Waals surface area contributed by atoms with Gasteiger partial charge in [0.05, 0.1) is 29.6 Å². The molecule has 2 N–H and O–H groups in total. The van der Waals surface area contributed by atoms with E-state index in [1.54, 1.807) is 42.6 Å². The van der Waals surface area contributed by atoms with E-state index >= 15 is 0 Å². The van der Waals surface area contributed by atoms with Crippen LogP contribution in [0.2, 0.25) is 10.0 Å². The van der Waals surface area contributed by atoms with Crippen LogP contribution in [-0.2, 0) is 0 Å². The number of anilines is 3. The predicted molar refractivity (Wildman–Crippen MR) is 105 cm³/mol. The van der Waals surface area contributed by atoms with E-state index in [-0.39, 0.29) is 5.91 Å². The molecule has 132 valence electrons. The van der Waals surface area contributed by atoms with Crippen molar-refractivity contribution in [3.8, 4) is 5.75 Å². The molecule has 0 saturated carbocycles. The predicted octanol–water partition coefficient (Wildman–Crippen LogP) is 5.39. The van der Waals surface area contributed by atoms with E-state index < -0.39 is 0 Å². The molecule has 0 radical (unpaired) electrons. The highest BCUT2D eigenvalue weighted by molar-refractivity contribution is 6.32. The van der Waals surface area contributed by atoms with Gasteiger partial charge < -0.3 is 15.4 Å². The SMILES string of the molecule is COc1ccc(NC(=O)c2cncc(Nc3cccc(Cl)c3)c2)cc1Cl. The third kappa shape index (κ3) is 4.45. The minimum atomic E-state index is -0.298. The quantitative estimate of drug-likeness (QED) is 0.615. The van der Waals surface area contributed by atoms with Crippen molar-refractivity contribution in [3.63, 3.8) is 0 Å². The standard InChI is InChI=1S/C19H15Cl2N3O2/c1-26-18-6-5-15(9-17(18)21)24-19(25)12-7-16(11-22-10-12)23-14-4-2-3-13(20)8-14/h2-11,23H,1H3,(H,24,25). The van der Waals surface area contributed by atoms with Gasteiger partial charge in [-0.05, 0) is 42.5 Å². The minimum absolute atomic E-state index is 0.298. The number of aromatic nitrogens is 1. The Morgan fingerprint density at radius 1 is 1.00 bits per heavy atom. The molecule has 2 aromatic carbocycles.